The van der Waals surface area contributed by atoms with Crippen molar-refractivity contribution in [3.8, 4) is 0 Å². The summed E-state index contributed by atoms with van der Waals surface area (Å²) in [5.74, 6) is 0.222. The van der Waals surface area contributed by atoms with Crippen molar-refractivity contribution in [2.24, 2.45) is 16.7 Å². The second-order valence-electron chi connectivity index (χ2n) is 6.09. The van der Waals surface area contributed by atoms with Gasteiger partial charge in [-0.05, 0) is 28.9 Å². The number of rotatable bonds is 4. The summed E-state index contributed by atoms with van der Waals surface area (Å²) in [6.07, 6.45) is 0. The fourth-order valence-corrected chi connectivity index (χ4v) is 2.70. The van der Waals surface area contributed by atoms with Gasteiger partial charge in [0.15, 0.2) is 5.69 Å². The number of hydrogen-bond acceptors (Lipinski definition) is 3. The summed E-state index contributed by atoms with van der Waals surface area (Å²) < 4.78 is 0. The van der Waals surface area contributed by atoms with Gasteiger partial charge in [0.1, 0.15) is 5.82 Å². The summed E-state index contributed by atoms with van der Waals surface area (Å²) in [6.45, 7) is 9.89. The summed E-state index contributed by atoms with van der Waals surface area (Å²) in [6, 6.07) is 5.01. The highest BCUT2D eigenvalue weighted by Crippen LogP contribution is 2.68. The standard InChI is InChI=1S/C14H20N2O2/c1-13(2)10(14(13,3)4)8-15-11-7-5-6-9(16-11)12(17)18/h5-7,10H,8H2,1-4H3,(H,15,16)(H,17,18). The third-order valence-electron chi connectivity index (χ3n) is 4.78. The topological polar surface area (TPSA) is 62.2 Å². The van der Waals surface area contributed by atoms with Gasteiger partial charge in [-0.3, -0.25) is 0 Å². The van der Waals surface area contributed by atoms with E-state index in [1.165, 1.54) is 6.07 Å². The van der Waals surface area contributed by atoms with Crippen LogP contribution in [-0.2, 0) is 0 Å². The van der Waals surface area contributed by atoms with Crippen LogP contribution in [0, 0.1) is 16.7 Å². The van der Waals surface area contributed by atoms with Gasteiger partial charge in [0.2, 0.25) is 0 Å². The van der Waals surface area contributed by atoms with Crippen LogP contribution in [-0.4, -0.2) is 22.6 Å². The summed E-state index contributed by atoms with van der Waals surface area (Å²) in [4.78, 5) is 14.9. The lowest BCUT2D eigenvalue weighted by Crippen LogP contribution is -2.10. The molecule has 18 heavy (non-hydrogen) atoms. The molecule has 1 aliphatic rings. The molecule has 2 N–H and O–H groups in total. The van der Waals surface area contributed by atoms with E-state index in [2.05, 4.69) is 38.0 Å². The van der Waals surface area contributed by atoms with Gasteiger partial charge in [-0.15, -0.1) is 0 Å². The molecule has 1 fully saturated rings. The zero-order chi connectivity index (χ0) is 13.6. The van der Waals surface area contributed by atoms with Gasteiger partial charge < -0.3 is 10.4 Å². The largest absolute Gasteiger partial charge is 0.477 e. The second-order valence-corrected chi connectivity index (χ2v) is 6.09. The number of nitrogens with zero attached hydrogens (tertiary/aromatic N) is 1. The number of aromatic carboxylic acids is 1. The van der Waals surface area contributed by atoms with E-state index in [-0.39, 0.29) is 5.69 Å². The molecule has 1 aromatic heterocycles. The highest BCUT2D eigenvalue weighted by Gasteiger charge is 2.64. The Morgan fingerprint density at radius 3 is 2.44 bits per heavy atom. The van der Waals surface area contributed by atoms with E-state index in [4.69, 9.17) is 5.11 Å². The fourth-order valence-electron chi connectivity index (χ4n) is 2.70. The van der Waals surface area contributed by atoms with E-state index in [1.54, 1.807) is 12.1 Å². The van der Waals surface area contributed by atoms with Crippen molar-refractivity contribution in [2.75, 3.05) is 11.9 Å². The van der Waals surface area contributed by atoms with Crippen LogP contribution >= 0.6 is 0 Å². The van der Waals surface area contributed by atoms with Gasteiger partial charge in [-0.25, -0.2) is 9.78 Å². The minimum absolute atomic E-state index is 0.0781. The van der Waals surface area contributed by atoms with Crippen molar-refractivity contribution in [2.45, 2.75) is 27.7 Å². The molecule has 0 aromatic carbocycles. The molecule has 4 nitrogen and oxygen atoms in total. The molecule has 4 heteroatoms. The van der Waals surface area contributed by atoms with Crippen LogP contribution in [0.3, 0.4) is 0 Å². The maximum atomic E-state index is 10.8. The molecule has 0 radical (unpaired) electrons. The monoisotopic (exact) mass is 248 g/mol. The first-order valence-electron chi connectivity index (χ1n) is 6.21. The Morgan fingerprint density at radius 1 is 1.33 bits per heavy atom. The van der Waals surface area contributed by atoms with Gasteiger partial charge in [-0.1, -0.05) is 33.8 Å². The fraction of sp³-hybridized carbons (Fsp3) is 0.571. The Labute approximate surface area is 107 Å². The van der Waals surface area contributed by atoms with Crippen LogP contribution in [0.25, 0.3) is 0 Å². The molecule has 0 saturated heterocycles. The number of carbonyl (C=O) groups is 1. The summed E-state index contributed by atoms with van der Waals surface area (Å²) in [7, 11) is 0. The van der Waals surface area contributed by atoms with Gasteiger partial charge in [0.05, 0.1) is 0 Å². The lowest BCUT2D eigenvalue weighted by Gasteiger charge is -2.07. The first kappa shape index (κ1) is 12.9. The molecule has 1 saturated carbocycles. The minimum Gasteiger partial charge on any atom is -0.477 e. The Morgan fingerprint density at radius 2 is 1.94 bits per heavy atom. The van der Waals surface area contributed by atoms with Crippen molar-refractivity contribution in [1.82, 2.24) is 4.98 Å². The van der Waals surface area contributed by atoms with Crippen LogP contribution in [0.4, 0.5) is 5.82 Å². The maximum absolute atomic E-state index is 10.8. The van der Waals surface area contributed by atoms with Crippen LogP contribution in [0.1, 0.15) is 38.2 Å². The molecule has 0 bridgehead atoms. The smallest absolute Gasteiger partial charge is 0.354 e. The number of nitrogens with one attached hydrogen (secondary N) is 1. The summed E-state index contributed by atoms with van der Waals surface area (Å²) in [5.41, 5.74) is 0.726. The highest BCUT2D eigenvalue weighted by molar-refractivity contribution is 5.85. The molecule has 0 unspecified atom stereocenters. The Balaban J connectivity index is 2.00. The molecule has 0 spiro atoms. The van der Waals surface area contributed by atoms with Gasteiger partial charge in [0.25, 0.3) is 0 Å². The van der Waals surface area contributed by atoms with E-state index in [9.17, 15) is 4.79 Å². The normalized spacial score (nSPS) is 20.4. The quantitative estimate of drug-likeness (QED) is 0.860. The molecular weight excluding hydrogens is 228 g/mol. The molecule has 1 aromatic rings. The van der Waals surface area contributed by atoms with Crippen molar-refractivity contribution >= 4 is 11.8 Å². The molecule has 0 atom stereocenters. The molecule has 1 heterocycles. The lowest BCUT2D eigenvalue weighted by atomic mass is 10.0. The SMILES string of the molecule is CC1(C)C(CNc2cccc(C(=O)O)n2)C1(C)C. The molecule has 2 rings (SSSR count). The predicted octanol–water partition coefficient (Wildman–Crippen LogP) is 2.87. The van der Waals surface area contributed by atoms with Crippen molar-refractivity contribution < 1.29 is 9.90 Å². The third-order valence-corrected chi connectivity index (χ3v) is 4.78. The van der Waals surface area contributed by atoms with Crippen molar-refractivity contribution in [1.29, 1.82) is 0 Å². The van der Waals surface area contributed by atoms with E-state index < -0.39 is 5.97 Å². The molecule has 1 aliphatic carbocycles. The maximum Gasteiger partial charge on any atom is 0.354 e. The van der Waals surface area contributed by atoms with E-state index >= 15 is 0 Å². The van der Waals surface area contributed by atoms with E-state index in [0.717, 1.165) is 6.54 Å². The highest BCUT2D eigenvalue weighted by atomic mass is 16.4. The van der Waals surface area contributed by atoms with E-state index in [0.29, 0.717) is 22.6 Å². The second kappa shape index (κ2) is 3.97. The van der Waals surface area contributed by atoms with Gasteiger partial charge in [0, 0.05) is 6.54 Å². The Hall–Kier alpha value is -1.58. The molecule has 0 aliphatic heterocycles. The summed E-state index contributed by atoms with van der Waals surface area (Å²) in [5, 5.41) is 12.1. The van der Waals surface area contributed by atoms with Gasteiger partial charge >= 0.3 is 5.97 Å². The number of aromatic nitrogens is 1. The van der Waals surface area contributed by atoms with E-state index in [1.807, 2.05) is 0 Å². The van der Waals surface area contributed by atoms with Crippen molar-refractivity contribution in [3.05, 3.63) is 23.9 Å². The Bertz CT molecular complexity index is 466. The first-order chi connectivity index (χ1) is 8.26. The zero-order valence-corrected chi connectivity index (χ0v) is 11.3. The number of carboxylic acid groups (broad SMARTS) is 1. The Kier molecular flexibility index (Phi) is 2.84. The van der Waals surface area contributed by atoms with Crippen LogP contribution < -0.4 is 5.32 Å². The molecular formula is C14H20N2O2. The van der Waals surface area contributed by atoms with Crippen LogP contribution in [0.15, 0.2) is 18.2 Å². The predicted molar refractivity (Wildman–Crippen MR) is 70.7 cm³/mol. The first-order valence-corrected chi connectivity index (χ1v) is 6.21. The lowest BCUT2D eigenvalue weighted by molar-refractivity contribution is 0.0690. The van der Waals surface area contributed by atoms with Gasteiger partial charge in [-0.2, -0.15) is 0 Å². The van der Waals surface area contributed by atoms with Crippen LogP contribution in [0.5, 0.6) is 0 Å². The molecule has 98 valence electrons. The number of anilines is 1. The summed E-state index contributed by atoms with van der Waals surface area (Å²) >= 11 is 0. The van der Waals surface area contributed by atoms with Crippen LogP contribution in [0.2, 0.25) is 0 Å². The van der Waals surface area contributed by atoms with Crippen molar-refractivity contribution in [3.63, 3.8) is 0 Å². The minimum atomic E-state index is -0.995. The number of pyridine rings is 1. The average Bonchev–Trinajstić information content (AvgIpc) is 2.67. The number of carboxylic acids is 1. The molecule has 0 amide bonds. The number of hydrogen-bond donors (Lipinski definition) is 2. The zero-order valence-electron chi connectivity index (χ0n) is 11.3. The average molecular weight is 248 g/mol. The third kappa shape index (κ3) is 1.96.